The van der Waals surface area contributed by atoms with Crippen LogP contribution >= 0.6 is 0 Å². The van der Waals surface area contributed by atoms with E-state index in [4.69, 9.17) is 14.2 Å². The summed E-state index contributed by atoms with van der Waals surface area (Å²) in [5.74, 6) is 1.51. The molecular formula is C24H23N3O4. The number of benzene rings is 2. The summed E-state index contributed by atoms with van der Waals surface area (Å²) < 4.78 is 18.2. The van der Waals surface area contributed by atoms with Crippen molar-refractivity contribution >= 4 is 28.5 Å². The third-order valence-electron chi connectivity index (χ3n) is 5.09. The average Bonchev–Trinajstić information content (AvgIpc) is 3.41. The van der Waals surface area contributed by atoms with Crippen LogP contribution in [-0.4, -0.2) is 41.6 Å². The van der Waals surface area contributed by atoms with Gasteiger partial charge < -0.3 is 23.8 Å². The van der Waals surface area contributed by atoms with Crippen LogP contribution in [0.2, 0.25) is 0 Å². The lowest BCUT2D eigenvalue weighted by Gasteiger charge is -2.14. The molecule has 4 aromatic rings. The molecule has 0 unspecified atom stereocenters. The highest BCUT2D eigenvalue weighted by Crippen LogP contribution is 2.39. The zero-order valence-electron chi connectivity index (χ0n) is 17.8. The van der Waals surface area contributed by atoms with Gasteiger partial charge in [0.05, 0.1) is 37.9 Å². The standard InChI is InChI=1S/C24H23N3O4/c1-27-11-7-8-16(27)14-17(24-25-18-9-5-6-10-19(18)26-24)22(28)15-12-20(29-2)23(31-4)21(13-15)30-3/h5-14H,1-4H3,(H,25,26). The van der Waals surface area contributed by atoms with E-state index in [2.05, 4.69) is 9.97 Å². The Hall–Kier alpha value is -4.00. The van der Waals surface area contributed by atoms with Gasteiger partial charge in [0.2, 0.25) is 5.75 Å². The van der Waals surface area contributed by atoms with Crippen molar-refractivity contribution < 1.29 is 19.0 Å². The molecular weight excluding hydrogens is 394 g/mol. The number of nitrogens with zero attached hydrogens (tertiary/aromatic N) is 2. The second kappa shape index (κ2) is 8.39. The van der Waals surface area contributed by atoms with Crippen LogP contribution in [0.5, 0.6) is 17.2 Å². The number of methoxy groups -OCH3 is 3. The van der Waals surface area contributed by atoms with Crippen LogP contribution in [0.25, 0.3) is 22.7 Å². The Bertz CT molecular complexity index is 1220. The first-order chi connectivity index (χ1) is 15.0. The van der Waals surface area contributed by atoms with Crippen LogP contribution in [0.3, 0.4) is 0 Å². The molecule has 31 heavy (non-hydrogen) atoms. The van der Waals surface area contributed by atoms with Crippen molar-refractivity contribution in [3.8, 4) is 17.2 Å². The number of carbonyl (C=O) groups excluding carboxylic acids is 1. The lowest BCUT2D eigenvalue weighted by molar-refractivity contribution is 0.105. The summed E-state index contributed by atoms with van der Waals surface area (Å²) >= 11 is 0. The molecule has 0 saturated heterocycles. The summed E-state index contributed by atoms with van der Waals surface area (Å²) in [6.07, 6.45) is 3.75. The van der Waals surface area contributed by atoms with Gasteiger partial charge in [-0.1, -0.05) is 12.1 Å². The summed E-state index contributed by atoms with van der Waals surface area (Å²) in [4.78, 5) is 21.6. The number of hydrogen-bond donors (Lipinski definition) is 1. The van der Waals surface area contributed by atoms with Crippen molar-refractivity contribution in [2.24, 2.45) is 7.05 Å². The highest BCUT2D eigenvalue weighted by atomic mass is 16.5. The summed E-state index contributed by atoms with van der Waals surface area (Å²) in [7, 11) is 6.49. The van der Waals surface area contributed by atoms with E-state index in [9.17, 15) is 4.79 Å². The van der Waals surface area contributed by atoms with Gasteiger partial charge >= 0.3 is 0 Å². The van der Waals surface area contributed by atoms with Crippen LogP contribution in [-0.2, 0) is 7.05 Å². The molecule has 0 aliphatic rings. The number of carbonyl (C=O) groups is 1. The molecule has 7 nitrogen and oxygen atoms in total. The zero-order valence-corrected chi connectivity index (χ0v) is 17.8. The highest BCUT2D eigenvalue weighted by molar-refractivity contribution is 6.32. The number of allylic oxidation sites excluding steroid dienone is 1. The van der Waals surface area contributed by atoms with Crippen molar-refractivity contribution in [2.75, 3.05) is 21.3 Å². The van der Waals surface area contributed by atoms with Crippen LogP contribution in [0, 0.1) is 0 Å². The topological polar surface area (TPSA) is 78.4 Å². The van der Waals surface area contributed by atoms with Crippen LogP contribution in [0.15, 0.2) is 54.7 Å². The molecule has 2 aromatic carbocycles. The van der Waals surface area contributed by atoms with Crippen molar-refractivity contribution in [3.05, 3.63) is 71.8 Å². The highest BCUT2D eigenvalue weighted by Gasteiger charge is 2.23. The molecule has 4 rings (SSSR count). The van der Waals surface area contributed by atoms with Gasteiger partial charge in [-0.25, -0.2) is 4.98 Å². The number of ether oxygens (including phenoxy) is 3. The van der Waals surface area contributed by atoms with Crippen LogP contribution in [0.1, 0.15) is 21.9 Å². The lowest BCUT2D eigenvalue weighted by atomic mass is 10.0. The quantitative estimate of drug-likeness (QED) is 0.357. The Balaban J connectivity index is 1.89. The number of hydrogen-bond acceptors (Lipinski definition) is 5. The van der Waals surface area contributed by atoms with E-state index in [1.54, 1.807) is 12.1 Å². The van der Waals surface area contributed by atoms with E-state index in [1.807, 2.05) is 60.3 Å². The second-order valence-electron chi connectivity index (χ2n) is 6.95. The fraction of sp³-hybridized carbons (Fsp3) is 0.167. The first-order valence-corrected chi connectivity index (χ1v) is 9.68. The van der Waals surface area contributed by atoms with Gasteiger partial charge in [-0.2, -0.15) is 0 Å². The minimum atomic E-state index is -0.223. The number of rotatable bonds is 7. The average molecular weight is 417 g/mol. The minimum Gasteiger partial charge on any atom is -0.493 e. The van der Waals surface area contributed by atoms with Crippen molar-refractivity contribution in [1.82, 2.24) is 14.5 Å². The third-order valence-corrected chi connectivity index (χ3v) is 5.09. The molecule has 2 aromatic heterocycles. The predicted molar refractivity (Wildman–Crippen MR) is 120 cm³/mol. The maximum Gasteiger partial charge on any atom is 0.203 e. The number of aromatic amines is 1. The maximum atomic E-state index is 13.7. The number of fused-ring (bicyclic) bond motifs is 1. The molecule has 0 radical (unpaired) electrons. The molecule has 0 fully saturated rings. The van der Waals surface area contributed by atoms with E-state index in [-0.39, 0.29) is 5.78 Å². The van der Waals surface area contributed by atoms with Crippen molar-refractivity contribution in [3.63, 3.8) is 0 Å². The smallest absolute Gasteiger partial charge is 0.203 e. The van der Waals surface area contributed by atoms with Crippen LogP contribution < -0.4 is 14.2 Å². The number of para-hydroxylation sites is 2. The maximum absolute atomic E-state index is 13.7. The molecule has 0 spiro atoms. The largest absolute Gasteiger partial charge is 0.493 e. The van der Waals surface area contributed by atoms with Crippen LogP contribution in [0.4, 0.5) is 0 Å². The SMILES string of the molecule is COc1cc(C(=O)C(=Cc2cccn2C)c2nc3ccccc3[nH]2)cc(OC)c1OC. The Morgan fingerprint density at radius 1 is 1.00 bits per heavy atom. The first-order valence-electron chi connectivity index (χ1n) is 9.68. The summed E-state index contributed by atoms with van der Waals surface area (Å²) in [6, 6.07) is 14.8. The van der Waals surface area contributed by atoms with Gasteiger partial charge in [0.25, 0.3) is 0 Å². The fourth-order valence-electron chi connectivity index (χ4n) is 3.46. The number of imidazole rings is 1. The number of aryl methyl sites for hydroxylation is 1. The number of H-pyrrole nitrogens is 1. The van der Waals surface area contributed by atoms with Gasteiger partial charge in [-0.3, -0.25) is 4.79 Å². The Labute approximate surface area is 179 Å². The minimum absolute atomic E-state index is 0.223. The normalized spacial score (nSPS) is 11.5. The lowest BCUT2D eigenvalue weighted by Crippen LogP contribution is -2.07. The van der Waals surface area contributed by atoms with E-state index in [0.717, 1.165) is 16.7 Å². The number of Topliss-reactive ketones (excluding diaryl/α,β-unsaturated/α-hetero) is 1. The molecule has 7 heteroatoms. The fourth-order valence-corrected chi connectivity index (χ4v) is 3.46. The summed E-state index contributed by atoms with van der Waals surface area (Å²) in [5.41, 5.74) is 3.33. The summed E-state index contributed by atoms with van der Waals surface area (Å²) in [5, 5.41) is 0. The van der Waals surface area contributed by atoms with E-state index in [1.165, 1.54) is 21.3 Å². The third kappa shape index (κ3) is 3.77. The predicted octanol–water partition coefficient (Wildman–Crippen LogP) is 4.35. The van der Waals surface area contributed by atoms with Crippen molar-refractivity contribution in [2.45, 2.75) is 0 Å². The van der Waals surface area contributed by atoms with E-state index < -0.39 is 0 Å². The molecule has 0 amide bonds. The van der Waals surface area contributed by atoms with Gasteiger partial charge in [0.15, 0.2) is 17.3 Å². The summed E-state index contributed by atoms with van der Waals surface area (Å²) in [6.45, 7) is 0. The molecule has 158 valence electrons. The molecule has 0 atom stereocenters. The number of ketones is 1. The molecule has 0 saturated carbocycles. The van der Waals surface area contributed by atoms with Gasteiger partial charge in [-0.15, -0.1) is 0 Å². The zero-order chi connectivity index (χ0) is 22.0. The molecule has 0 aliphatic carbocycles. The van der Waals surface area contributed by atoms with E-state index in [0.29, 0.717) is 34.2 Å². The number of nitrogens with one attached hydrogen (secondary N) is 1. The van der Waals surface area contributed by atoms with E-state index >= 15 is 0 Å². The molecule has 1 N–H and O–H groups in total. The van der Waals surface area contributed by atoms with Gasteiger partial charge in [0, 0.05) is 24.5 Å². The van der Waals surface area contributed by atoms with Crippen molar-refractivity contribution in [1.29, 1.82) is 0 Å². The second-order valence-corrected chi connectivity index (χ2v) is 6.95. The Morgan fingerprint density at radius 3 is 2.29 bits per heavy atom. The number of aromatic nitrogens is 3. The monoisotopic (exact) mass is 417 g/mol. The molecule has 0 aliphatic heterocycles. The Kier molecular flexibility index (Phi) is 5.49. The van der Waals surface area contributed by atoms with Gasteiger partial charge in [-0.05, 0) is 42.5 Å². The Morgan fingerprint density at radius 2 is 1.71 bits per heavy atom. The first kappa shape index (κ1) is 20.3. The molecule has 0 bridgehead atoms. The molecule has 2 heterocycles. The van der Waals surface area contributed by atoms with Gasteiger partial charge in [0.1, 0.15) is 5.82 Å².